The van der Waals surface area contributed by atoms with Crippen molar-refractivity contribution in [1.82, 2.24) is 0 Å². The maximum atomic E-state index is 13.2. The van der Waals surface area contributed by atoms with Crippen LogP contribution in [0.15, 0.2) is 51.3 Å². The molecule has 3 nitrogen and oxygen atoms in total. The molecule has 2 rings (SSSR count). The van der Waals surface area contributed by atoms with E-state index in [4.69, 9.17) is 22.5 Å². The SMILES string of the molecule is NC(=NO)c1c(Cl)cccc1Sc1ccc(F)c(F)c1. The Morgan fingerprint density at radius 1 is 1.20 bits per heavy atom. The van der Waals surface area contributed by atoms with Gasteiger partial charge in [-0.15, -0.1) is 0 Å². The van der Waals surface area contributed by atoms with Gasteiger partial charge < -0.3 is 10.9 Å². The van der Waals surface area contributed by atoms with E-state index in [-0.39, 0.29) is 5.84 Å². The Kier molecular flexibility index (Phi) is 4.46. The second-order valence-electron chi connectivity index (χ2n) is 3.78. The fraction of sp³-hybridized carbons (Fsp3) is 0. The van der Waals surface area contributed by atoms with E-state index in [9.17, 15) is 8.78 Å². The van der Waals surface area contributed by atoms with E-state index in [0.717, 1.165) is 23.9 Å². The van der Waals surface area contributed by atoms with E-state index in [1.165, 1.54) is 6.07 Å². The van der Waals surface area contributed by atoms with E-state index in [1.54, 1.807) is 18.2 Å². The number of hydrogen-bond acceptors (Lipinski definition) is 3. The summed E-state index contributed by atoms with van der Waals surface area (Å²) < 4.78 is 26.1. The van der Waals surface area contributed by atoms with Crippen molar-refractivity contribution in [3.63, 3.8) is 0 Å². The van der Waals surface area contributed by atoms with Gasteiger partial charge >= 0.3 is 0 Å². The summed E-state index contributed by atoms with van der Waals surface area (Å²) in [6.45, 7) is 0. The molecule has 0 fully saturated rings. The monoisotopic (exact) mass is 314 g/mol. The molecular formula is C13H9ClF2N2OS. The highest BCUT2D eigenvalue weighted by atomic mass is 35.5. The van der Waals surface area contributed by atoms with Gasteiger partial charge in [-0.25, -0.2) is 8.78 Å². The number of nitrogens with zero attached hydrogens (tertiary/aromatic N) is 1. The summed E-state index contributed by atoms with van der Waals surface area (Å²) in [4.78, 5) is 1.04. The third-order valence-corrected chi connectivity index (χ3v) is 3.82. The molecule has 0 amide bonds. The van der Waals surface area contributed by atoms with Crippen LogP contribution in [0.2, 0.25) is 5.02 Å². The lowest BCUT2D eigenvalue weighted by Crippen LogP contribution is -2.14. The molecule has 0 heterocycles. The summed E-state index contributed by atoms with van der Waals surface area (Å²) in [5.41, 5.74) is 5.91. The maximum absolute atomic E-state index is 13.2. The quantitative estimate of drug-likeness (QED) is 0.391. The predicted octanol–water partition coefficient (Wildman–Crippen LogP) is 3.86. The smallest absolute Gasteiger partial charge is 0.172 e. The second kappa shape index (κ2) is 6.11. The van der Waals surface area contributed by atoms with Crippen molar-refractivity contribution in [2.24, 2.45) is 10.9 Å². The van der Waals surface area contributed by atoms with Crippen LogP contribution in [0.4, 0.5) is 8.78 Å². The molecule has 0 saturated carbocycles. The molecule has 0 saturated heterocycles. The number of nitrogens with two attached hydrogens (primary N) is 1. The van der Waals surface area contributed by atoms with Crippen LogP contribution in [0.5, 0.6) is 0 Å². The van der Waals surface area contributed by atoms with Gasteiger partial charge in [-0.05, 0) is 30.3 Å². The predicted molar refractivity (Wildman–Crippen MR) is 74.4 cm³/mol. The molecule has 3 N–H and O–H groups in total. The van der Waals surface area contributed by atoms with Crippen LogP contribution in [-0.4, -0.2) is 11.0 Å². The number of benzene rings is 2. The summed E-state index contributed by atoms with van der Waals surface area (Å²) in [5, 5.41) is 12.0. The molecular weight excluding hydrogens is 306 g/mol. The molecule has 0 radical (unpaired) electrons. The first-order valence-corrected chi connectivity index (χ1v) is 6.61. The topological polar surface area (TPSA) is 58.6 Å². The fourth-order valence-electron chi connectivity index (χ4n) is 1.56. The fourth-order valence-corrected chi connectivity index (χ4v) is 2.90. The molecule has 0 aliphatic carbocycles. The Hall–Kier alpha value is -1.79. The molecule has 0 aromatic heterocycles. The van der Waals surface area contributed by atoms with Crippen LogP contribution in [-0.2, 0) is 0 Å². The zero-order valence-electron chi connectivity index (χ0n) is 9.98. The molecule has 104 valence electrons. The summed E-state index contributed by atoms with van der Waals surface area (Å²) in [7, 11) is 0. The van der Waals surface area contributed by atoms with Crippen molar-refractivity contribution in [2.45, 2.75) is 9.79 Å². The number of amidine groups is 1. The first kappa shape index (κ1) is 14.6. The van der Waals surface area contributed by atoms with Crippen LogP contribution < -0.4 is 5.73 Å². The van der Waals surface area contributed by atoms with E-state index in [1.807, 2.05) is 0 Å². The Morgan fingerprint density at radius 2 is 1.95 bits per heavy atom. The molecule has 0 unspecified atom stereocenters. The van der Waals surface area contributed by atoms with Crippen molar-refractivity contribution < 1.29 is 14.0 Å². The average Bonchev–Trinajstić information content (AvgIpc) is 2.42. The van der Waals surface area contributed by atoms with Gasteiger partial charge in [0.2, 0.25) is 0 Å². The van der Waals surface area contributed by atoms with Crippen molar-refractivity contribution in [3.05, 3.63) is 58.6 Å². The van der Waals surface area contributed by atoms with Crippen LogP contribution in [0.25, 0.3) is 0 Å². The molecule has 7 heteroatoms. The molecule has 2 aromatic carbocycles. The minimum absolute atomic E-state index is 0.152. The molecule has 0 aliphatic heterocycles. The minimum Gasteiger partial charge on any atom is -0.409 e. The summed E-state index contributed by atoms with van der Waals surface area (Å²) in [6.07, 6.45) is 0. The van der Waals surface area contributed by atoms with Gasteiger partial charge in [-0.1, -0.05) is 34.6 Å². The highest BCUT2D eigenvalue weighted by Crippen LogP contribution is 2.34. The molecule has 2 aromatic rings. The van der Waals surface area contributed by atoms with Crippen LogP contribution >= 0.6 is 23.4 Å². The van der Waals surface area contributed by atoms with E-state index in [0.29, 0.717) is 20.4 Å². The lowest BCUT2D eigenvalue weighted by molar-refractivity contribution is 0.318. The first-order chi connectivity index (χ1) is 9.52. The molecule has 0 atom stereocenters. The lowest BCUT2D eigenvalue weighted by Gasteiger charge is -2.09. The van der Waals surface area contributed by atoms with Crippen molar-refractivity contribution in [2.75, 3.05) is 0 Å². The van der Waals surface area contributed by atoms with Gasteiger partial charge in [0.15, 0.2) is 17.5 Å². The van der Waals surface area contributed by atoms with Gasteiger partial charge in [0.1, 0.15) is 0 Å². The minimum atomic E-state index is -0.942. The second-order valence-corrected chi connectivity index (χ2v) is 5.30. The lowest BCUT2D eigenvalue weighted by atomic mass is 10.2. The van der Waals surface area contributed by atoms with Gasteiger partial charge in [0.05, 0.1) is 10.6 Å². The van der Waals surface area contributed by atoms with Crippen molar-refractivity contribution >= 4 is 29.2 Å². The third-order valence-electron chi connectivity index (χ3n) is 2.46. The summed E-state index contributed by atoms with van der Waals surface area (Å²) in [5.74, 6) is -2.01. The number of hydrogen-bond donors (Lipinski definition) is 2. The molecule has 0 spiro atoms. The zero-order valence-corrected chi connectivity index (χ0v) is 11.6. The Balaban J connectivity index is 2.43. The Labute approximate surface area is 123 Å². The highest BCUT2D eigenvalue weighted by Gasteiger charge is 2.13. The Morgan fingerprint density at radius 3 is 2.60 bits per heavy atom. The third kappa shape index (κ3) is 3.02. The normalized spacial score (nSPS) is 11.7. The van der Waals surface area contributed by atoms with Crippen molar-refractivity contribution in [1.29, 1.82) is 0 Å². The van der Waals surface area contributed by atoms with Crippen LogP contribution in [0.1, 0.15) is 5.56 Å². The van der Waals surface area contributed by atoms with Gasteiger partial charge in [0, 0.05) is 9.79 Å². The van der Waals surface area contributed by atoms with Gasteiger partial charge in [0.25, 0.3) is 0 Å². The number of oxime groups is 1. The molecule has 0 aliphatic rings. The summed E-state index contributed by atoms with van der Waals surface area (Å²) in [6, 6.07) is 8.48. The van der Waals surface area contributed by atoms with Gasteiger partial charge in [-0.2, -0.15) is 0 Å². The van der Waals surface area contributed by atoms with Gasteiger partial charge in [-0.3, -0.25) is 0 Å². The Bertz CT molecular complexity index is 679. The van der Waals surface area contributed by atoms with Crippen molar-refractivity contribution in [3.8, 4) is 0 Å². The number of halogens is 3. The van der Waals surface area contributed by atoms with Crippen LogP contribution in [0, 0.1) is 11.6 Å². The van der Waals surface area contributed by atoms with E-state index < -0.39 is 11.6 Å². The average molecular weight is 315 g/mol. The largest absolute Gasteiger partial charge is 0.409 e. The van der Waals surface area contributed by atoms with Crippen LogP contribution in [0.3, 0.4) is 0 Å². The molecule has 20 heavy (non-hydrogen) atoms. The van der Waals surface area contributed by atoms with E-state index >= 15 is 0 Å². The van der Waals surface area contributed by atoms with E-state index in [2.05, 4.69) is 5.16 Å². The first-order valence-electron chi connectivity index (χ1n) is 5.42. The highest BCUT2D eigenvalue weighted by molar-refractivity contribution is 7.99. The molecule has 0 bridgehead atoms. The summed E-state index contributed by atoms with van der Waals surface area (Å²) >= 11 is 7.14. The number of rotatable bonds is 3. The standard InChI is InChI=1S/C13H9ClF2N2OS/c14-8-2-1-3-11(12(8)13(17)18-19)20-7-4-5-9(15)10(16)6-7/h1-6,19H,(H2,17,18). The maximum Gasteiger partial charge on any atom is 0.172 e. The zero-order chi connectivity index (χ0) is 14.7.